The Morgan fingerprint density at radius 2 is 1.83 bits per heavy atom. The van der Waals surface area contributed by atoms with Crippen LogP contribution in [0.1, 0.15) is 11.1 Å². The van der Waals surface area contributed by atoms with Crippen molar-refractivity contribution in [3.63, 3.8) is 0 Å². The highest BCUT2D eigenvalue weighted by atomic mass is 19.1. The number of methoxy groups -OCH3 is 1. The van der Waals surface area contributed by atoms with Gasteiger partial charge in [-0.3, -0.25) is 0 Å². The molecule has 0 aliphatic heterocycles. The van der Waals surface area contributed by atoms with Crippen molar-refractivity contribution in [3.05, 3.63) is 47.3 Å². The molecule has 1 N–H and O–H groups in total. The Hall–Kier alpha value is -2.03. The van der Waals surface area contributed by atoms with Crippen LogP contribution in [0.2, 0.25) is 0 Å². The molecule has 0 aliphatic rings. The van der Waals surface area contributed by atoms with Crippen LogP contribution in [0.15, 0.2) is 30.3 Å². The van der Waals surface area contributed by atoms with Gasteiger partial charge in [-0.2, -0.15) is 0 Å². The predicted molar refractivity (Wildman–Crippen MR) is 69.5 cm³/mol. The van der Waals surface area contributed by atoms with Crippen LogP contribution in [-0.2, 0) is 0 Å². The maximum Gasteiger partial charge on any atom is 0.165 e. The molecule has 0 bridgehead atoms. The van der Waals surface area contributed by atoms with Gasteiger partial charge in [0, 0.05) is 5.56 Å². The smallest absolute Gasteiger partial charge is 0.165 e. The zero-order valence-corrected chi connectivity index (χ0v) is 10.6. The van der Waals surface area contributed by atoms with Gasteiger partial charge in [-0.1, -0.05) is 12.1 Å². The number of ether oxygens (including phenoxy) is 1. The van der Waals surface area contributed by atoms with Gasteiger partial charge in [0.25, 0.3) is 0 Å². The van der Waals surface area contributed by atoms with Crippen LogP contribution in [0, 0.1) is 19.7 Å². The minimum atomic E-state index is -0.630. The molecule has 94 valence electrons. The molecule has 0 fully saturated rings. The first kappa shape index (κ1) is 12.4. The number of phenols is 1. The van der Waals surface area contributed by atoms with Crippen LogP contribution in [0.25, 0.3) is 11.1 Å². The standard InChI is InChI=1S/C15H15FO2/c1-9-6-10(2)15(14(7-9)18-3)11-4-5-13(17)12(16)8-11/h4-8,17H,1-3H3. The van der Waals surface area contributed by atoms with Crippen molar-refractivity contribution in [2.45, 2.75) is 13.8 Å². The van der Waals surface area contributed by atoms with E-state index in [0.29, 0.717) is 11.3 Å². The predicted octanol–water partition coefficient (Wildman–Crippen LogP) is 3.82. The third-order valence-corrected chi connectivity index (χ3v) is 2.90. The van der Waals surface area contributed by atoms with Gasteiger partial charge >= 0.3 is 0 Å². The lowest BCUT2D eigenvalue weighted by Gasteiger charge is -2.13. The van der Waals surface area contributed by atoms with E-state index in [1.54, 1.807) is 13.2 Å². The minimum Gasteiger partial charge on any atom is -0.505 e. The number of aryl methyl sites for hydroxylation is 2. The molecular formula is C15H15FO2. The molecule has 0 amide bonds. The molecule has 0 spiro atoms. The third-order valence-electron chi connectivity index (χ3n) is 2.90. The van der Waals surface area contributed by atoms with E-state index in [1.165, 1.54) is 12.1 Å². The summed E-state index contributed by atoms with van der Waals surface area (Å²) in [6.07, 6.45) is 0. The molecule has 2 rings (SSSR count). The Kier molecular flexibility index (Phi) is 3.24. The summed E-state index contributed by atoms with van der Waals surface area (Å²) in [4.78, 5) is 0. The summed E-state index contributed by atoms with van der Waals surface area (Å²) >= 11 is 0. The fourth-order valence-corrected chi connectivity index (χ4v) is 2.12. The van der Waals surface area contributed by atoms with Gasteiger partial charge in [0.1, 0.15) is 5.75 Å². The molecule has 0 atom stereocenters. The number of hydrogen-bond acceptors (Lipinski definition) is 2. The van der Waals surface area contributed by atoms with E-state index < -0.39 is 5.82 Å². The van der Waals surface area contributed by atoms with Gasteiger partial charge in [-0.05, 0) is 48.7 Å². The van der Waals surface area contributed by atoms with Crippen molar-refractivity contribution in [2.75, 3.05) is 7.11 Å². The molecule has 0 radical (unpaired) electrons. The Balaban J connectivity index is 2.66. The monoisotopic (exact) mass is 246 g/mol. The van der Waals surface area contributed by atoms with Crippen LogP contribution < -0.4 is 4.74 Å². The van der Waals surface area contributed by atoms with Crippen molar-refractivity contribution >= 4 is 0 Å². The van der Waals surface area contributed by atoms with Crippen molar-refractivity contribution in [1.29, 1.82) is 0 Å². The molecule has 2 aromatic carbocycles. The van der Waals surface area contributed by atoms with Gasteiger partial charge in [-0.25, -0.2) is 4.39 Å². The highest BCUT2D eigenvalue weighted by molar-refractivity contribution is 5.75. The fourth-order valence-electron chi connectivity index (χ4n) is 2.12. The Morgan fingerprint density at radius 3 is 2.44 bits per heavy atom. The third kappa shape index (κ3) is 2.16. The summed E-state index contributed by atoms with van der Waals surface area (Å²) in [5.41, 5.74) is 3.64. The number of halogens is 1. The molecule has 3 heteroatoms. The number of hydrogen-bond donors (Lipinski definition) is 1. The van der Waals surface area contributed by atoms with E-state index >= 15 is 0 Å². The lowest BCUT2D eigenvalue weighted by Crippen LogP contribution is -1.93. The highest BCUT2D eigenvalue weighted by Crippen LogP contribution is 2.35. The number of benzene rings is 2. The van der Waals surface area contributed by atoms with Crippen LogP contribution >= 0.6 is 0 Å². The molecule has 0 saturated heterocycles. The van der Waals surface area contributed by atoms with Crippen LogP contribution in [0.3, 0.4) is 0 Å². The van der Waals surface area contributed by atoms with Crippen molar-refractivity contribution in [1.82, 2.24) is 0 Å². The topological polar surface area (TPSA) is 29.5 Å². The van der Waals surface area contributed by atoms with Gasteiger partial charge in [0.15, 0.2) is 11.6 Å². The molecule has 2 aromatic rings. The number of aromatic hydroxyl groups is 1. The molecule has 0 saturated carbocycles. The summed E-state index contributed by atoms with van der Waals surface area (Å²) in [6, 6.07) is 8.27. The van der Waals surface area contributed by atoms with Gasteiger partial charge in [-0.15, -0.1) is 0 Å². The first-order valence-corrected chi connectivity index (χ1v) is 5.67. The first-order chi connectivity index (χ1) is 8.52. The van der Waals surface area contributed by atoms with Crippen LogP contribution in [0.5, 0.6) is 11.5 Å². The summed E-state index contributed by atoms with van der Waals surface area (Å²) in [5, 5.41) is 9.22. The molecule has 0 aromatic heterocycles. The zero-order chi connectivity index (χ0) is 13.3. The first-order valence-electron chi connectivity index (χ1n) is 5.67. The number of phenolic OH excluding ortho intramolecular Hbond substituents is 1. The largest absolute Gasteiger partial charge is 0.505 e. The Labute approximate surface area is 106 Å². The van der Waals surface area contributed by atoms with Crippen molar-refractivity contribution in [3.8, 4) is 22.6 Å². The van der Waals surface area contributed by atoms with E-state index in [4.69, 9.17) is 4.74 Å². The highest BCUT2D eigenvalue weighted by Gasteiger charge is 2.12. The lowest BCUT2D eigenvalue weighted by molar-refractivity contribution is 0.415. The Morgan fingerprint density at radius 1 is 1.11 bits per heavy atom. The molecule has 0 unspecified atom stereocenters. The molecule has 18 heavy (non-hydrogen) atoms. The maximum atomic E-state index is 13.4. The SMILES string of the molecule is COc1cc(C)cc(C)c1-c1ccc(O)c(F)c1. The fraction of sp³-hybridized carbons (Fsp3) is 0.200. The van der Waals surface area contributed by atoms with Gasteiger partial charge in [0.05, 0.1) is 7.11 Å². The van der Waals surface area contributed by atoms with E-state index in [9.17, 15) is 9.50 Å². The summed E-state index contributed by atoms with van der Waals surface area (Å²) in [7, 11) is 1.59. The Bertz CT molecular complexity index is 591. The van der Waals surface area contributed by atoms with Gasteiger partial charge in [0.2, 0.25) is 0 Å². The molecule has 0 aliphatic carbocycles. The summed E-state index contributed by atoms with van der Waals surface area (Å²) in [6.45, 7) is 3.94. The van der Waals surface area contributed by atoms with E-state index in [1.807, 2.05) is 26.0 Å². The second kappa shape index (κ2) is 4.69. The lowest BCUT2D eigenvalue weighted by atomic mass is 9.97. The van der Waals surface area contributed by atoms with E-state index in [-0.39, 0.29) is 5.75 Å². The van der Waals surface area contributed by atoms with Gasteiger partial charge < -0.3 is 9.84 Å². The maximum absolute atomic E-state index is 13.4. The molecule has 0 heterocycles. The second-order valence-corrected chi connectivity index (χ2v) is 4.33. The van der Waals surface area contributed by atoms with Crippen LogP contribution in [0.4, 0.5) is 4.39 Å². The normalized spacial score (nSPS) is 10.4. The average Bonchev–Trinajstić information content (AvgIpc) is 2.32. The summed E-state index contributed by atoms with van der Waals surface area (Å²) < 4.78 is 18.8. The minimum absolute atomic E-state index is 0.345. The average molecular weight is 246 g/mol. The quantitative estimate of drug-likeness (QED) is 0.872. The van der Waals surface area contributed by atoms with E-state index in [0.717, 1.165) is 16.7 Å². The van der Waals surface area contributed by atoms with E-state index in [2.05, 4.69) is 0 Å². The second-order valence-electron chi connectivity index (χ2n) is 4.33. The number of rotatable bonds is 2. The molecular weight excluding hydrogens is 231 g/mol. The zero-order valence-electron chi connectivity index (χ0n) is 10.6. The molecule has 2 nitrogen and oxygen atoms in total. The van der Waals surface area contributed by atoms with Crippen molar-refractivity contribution < 1.29 is 14.2 Å². The van der Waals surface area contributed by atoms with Crippen LogP contribution in [-0.4, -0.2) is 12.2 Å². The van der Waals surface area contributed by atoms with Crippen molar-refractivity contribution in [2.24, 2.45) is 0 Å². The summed E-state index contributed by atoms with van der Waals surface area (Å²) in [5.74, 6) is -0.269.